The number of rotatable bonds is 5. The number of hydrogen-bond donors (Lipinski definition) is 1. The summed E-state index contributed by atoms with van der Waals surface area (Å²) in [6.45, 7) is 7.90. The van der Waals surface area contributed by atoms with Crippen LogP contribution in [-0.2, 0) is 0 Å². The molecule has 0 fully saturated rings. The van der Waals surface area contributed by atoms with Gasteiger partial charge in [-0.15, -0.1) is 0 Å². The fourth-order valence-corrected chi connectivity index (χ4v) is 3.01. The Hall–Kier alpha value is -3.40. The molecule has 4 heteroatoms. The lowest BCUT2D eigenvalue weighted by molar-refractivity contribution is 1.27. The first-order chi connectivity index (χ1) is 13.5. The molecule has 0 unspecified atom stereocenters. The zero-order valence-corrected chi connectivity index (χ0v) is 16.8. The number of para-hydroxylation sites is 2. The van der Waals surface area contributed by atoms with E-state index in [1.54, 1.807) is 0 Å². The van der Waals surface area contributed by atoms with Crippen LogP contribution in [0.15, 0.2) is 82.8 Å². The Morgan fingerprint density at radius 1 is 0.679 bits per heavy atom. The molecule has 0 atom stereocenters. The monoisotopic (exact) mass is 370 g/mol. The summed E-state index contributed by atoms with van der Waals surface area (Å²) >= 11 is 0. The summed E-state index contributed by atoms with van der Waals surface area (Å²) in [5, 5.41) is 0. The predicted octanol–water partition coefficient (Wildman–Crippen LogP) is 6.96. The maximum absolute atomic E-state index is 6.30. The van der Waals surface area contributed by atoms with Crippen molar-refractivity contribution in [3.05, 3.63) is 72.8 Å². The number of nitrogen functional groups attached to an aromatic ring is 1. The first-order valence-electron chi connectivity index (χ1n) is 9.33. The van der Waals surface area contributed by atoms with Gasteiger partial charge in [0.25, 0.3) is 0 Å². The number of benzene rings is 3. The molecular formula is C24H26N4. The minimum atomic E-state index is 0.617. The number of aliphatic imine (C=N–C) groups is 2. The van der Waals surface area contributed by atoms with E-state index in [4.69, 9.17) is 10.7 Å². The van der Waals surface area contributed by atoms with Gasteiger partial charge in [-0.3, -0.25) is 9.98 Å². The fraction of sp³-hybridized carbons (Fsp3) is 0.167. The van der Waals surface area contributed by atoms with E-state index in [0.717, 1.165) is 39.9 Å². The fourth-order valence-electron chi connectivity index (χ4n) is 3.01. The maximum atomic E-state index is 6.30. The van der Waals surface area contributed by atoms with Gasteiger partial charge >= 0.3 is 0 Å². The number of nitrogens with two attached hydrogens (primary N) is 1. The number of anilines is 4. The van der Waals surface area contributed by atoms with Gasteiger partial charge in [0.15, 0.2) is 0 Å². The highest BCUT2D eigenvalue weighted by Gasteiger charge is 2.18. The molecule has 0 radical (unpaired) electrons. The molecule has 0 aliphatic carbocycles. The van der Waals surface area contributed by atoms with Crippen LogP contribution in [0.25, 0.3) is 0 Å². The summed E-state index contributed by atoms with van der Waals surface area (Å²) in [4.78, 5) is 11.6. The molecular weight excluding hydrogens is 344 g/mol. The average Bonchev–Trinajstić information content (AvgIpc) is 2.66. The van der Waals surface area contributed by atoms with E-state index in [0.29, 0.717) is 5.69 Å². The largest absolute Gasteiger partial charge is 0.397 e. The van der Waals surface area contributed by atoms with E-state index in [1.807, 2.05) is 76.2 Å². The Kier molecular flexibility index (Phi) is 5.90. The second-order valence-corrected chi connectivity index (χ2v) is 7.02. The summed E-state index contributed by atoms with van der Waals surface area (Å²) in [6, 6.07) is 24.4. The SMILES string of the molecule is CC(C)=Nc1cc(N(c2ccccc2)c2ccccc2)c(N=C(C)C)cc1N. The molecule has 4 nitrogen and oxygen atoms in total. The normalized spacial score (nSPS) is 10.3. The van der Waals surface area contributed by atoms with Crippen LogP contribution in [-0.4, -0.2) is 11.4 Å². The molecule has 0 spiro atoms. The highest BCUT2D eigenvalue weighted by molar-refractivity contribution is 5.94. The molecule has 0 bridgehead atoms. The van der Waals surface area contributed by atoms with Crippen molar-refractivity contribution in [2.45, 2.75) is 27.7 Å². The van der Waals surface area contributed by atoms with Gasteiger partial charge in [0.1, 0.15) is 0 Å². The van der Waals surface area contributed by atoms with Crippen LogP contribution in [0.2, 0.25) is 0 Å². The lowest BCUT2D eigenvalue weighted by atomic mass is 10.1. The third-order valence-corrected chi connectivity index (χ3v) is 4.08. The third-order valence-electron chi connectivity index (χ3n) is 4.08. The molecule has 0 aliphatic rings. The second kappa shape index (κ2) is 8.53. The zero-order valence-electron chi connectivity index (χ0n) is 16.8. The highest BCUT2D eigenvalue weighted by Crippen LogP contribution is 2.44. The minimum Gasteiger partial charge on any atom is -0.397 e. The molecule has 28 heavy (non-hydrogen) atoms. The topological polar surface area (TPSA) is 54.0 Å². The van der Waals surface area contributed by atoms with Gasteiger partial charge in [0.2, 0.25) is 0 Å². The standard InChI is InChI=1S/C24H26N4/c1-17(2)26-22-16-24(23(15-21(22)25)27-18(3)4)28(19-11-7-5-8-12-19)20-13-9-6-10-14-20/h5-16H,25H2,1-4H3. The maximum Gasteiger partial charge on any atom is 0.0891 e. The number of hydrogen-bond acceptors (Lipinski definition) is 4. The van der Waals surface area contributed by atoms with Gasteiger partial charge in [-0.1, -0.05) is 36.4 Å². The quantitative estimate of drug-likeness (QED) is 0.390. The van der Waals surface area contributed by atoms with Crippen LogP contribution >= 0.6 is 0 Å². The lowest BCUT2D eigenvalue weighted by Crippen LogP contribution is -2.10. The molecule has 3 rings (SSSR count). The van der Waals surface area contributed by atoms with E-state index in [1.165, 1.54) is 0 Å². The molecule has 0 aromatic heterocycles. The molecule has 0 aliphatic heterocycles. The smallest absolute Gasteiger partial charge is 0.0891 e. The molecule has 3 aromatic rings. The molecule has 142 valence electrons. The molecule has 2 N–H and O–H groups in total. The van der Waals surface area contributed by atoms with Crippen molar-refractivity contribution in [1.29, 1.82) is 0 Å². The summed E-state index contributed by atoms with van der Waals surface area (Å²) in [5.74, 6) is 0. The van der Waals surface area contributed by atoms with Crippen molar-refractivity contribution < 1.29 is 0 Å². The first kappa shape index (κ1) is 19.4. The Bertz CT molecular complexity index is 958. The summed E-state index contributed by atoms with van der Waals surface area (Å²) in [5.41, 5.74) is 13.4. The van der Waals surface area contributed by atoms with Crippen molar-refractivity contribution in [3.8, 4) is 0 Å². The van der Waals surface area contributed by atoms with Gasteiger partial charge in [-0.2, -0.15) is 0 Å². The van der Waals surface area contributed by atoms with Crippen LogP contribution in [0.1, 0.15) is 27.7 Å². The van der Waals surface area contributed by atoms with E-state index in [2.05, 4.69) is 34.2 Å². The van der Waals surface area contributed by atoms with E-state index in [9.17, 15) is 0 Å². The molecule has 3 aromatic carbocycles. The van der Waals surface area contributed by atoms with E-state index in [-0.39, 0.29) is 0 Å². The van der Waals surface area contributed by atoms with E-state index >= 15 is 0 Å². The Morgan fingerprint density at radius 3 is 1.61 bits per heavy atom. The van der Waals surface area contributed by atoms with Crippen molar-refractivity contribution in [3.63, 3.8) is 0 Å². The van der Waals surface area contributed by atoms with E-state index < -0.39 is 0 Å². The molecule has 0 saturated carbocycles. The van der Waals surface area contributed by atoms with Gasteiger partial charge < -0.3 is 10.6 Å². The summed E-state index contributed by atoms with van der Waals surface area (Å²) < 4.78 is 0. The van der Waals surface area contributed by atoms with Crippen molar-refractivity contribution >= 4 is 45.5 Å². The van der Waals surface area contributed by atoms with Gasteiger partial charge in [0.05, 0.1) is 22.7 Å². The van der Waals surface area contributed by atoms with Crippen LogP contribution in [0, 0.1) is 0 Å². The predicted molar refractivity (Wildman–Crippen MR) is 122 cm³/mol. The van der Waals surface area contributed by atoms with Gasteiger partial charge in [-0.25, -0.2) is 0 Å². The Labute approximate surface area is 167 Å². The Balaban J connectivity index is 2.32. The number of nitrogens with zero attached hydrogens (tertiary/aromatic N) is 3. The van der Waals surface area contributed by atoms with Crippen molar-refractivity contribution in [2.24, 2.45) is 9.98 Å². The highest BCUT2D eigenvalue weighted by atomic mass is 15.2. The molecule has 0 amide bonds. The minimum absolute atomic E-state index is 0.617. The van der Waals surface area contributed by atoms with Crippen LogP contribution < -0.4 is 10.6 Å². The second-order valence-electron chi connectivity index (χ2n) is 7.02. The van der Waals surface area contributed by atoms with Crippen LogP contribution in [0.4, 0.5) is 34.1 Å². The first-order valence-corrected chi connectivity index (χ1v) is 9.33. The van der Waals surface area contributed by atoms with Gasteiger partial charge in [0, 0.05) is 22.8 Å². The lowest BCUT2D eigenvalue weighted by Gasteiger charge is -2.27. The van der Waals surface area contributed by atoms with Crippen LogP contribution in [0.3, 0.4) is 0 Å². The molecule has 0 saturated heterocycles. The molecule has 0 heterocycles. The van der Waals surface area contributed by atoms with Crippen LogP contribution in [0.5, 0.6) is 0 Å². The third kappa shape index (κ3) is 4.46. The summed E-state index contributed by atoms with van der Waals surface area (Å²) in [6.07, 6.45) is 0. The van der Waals surface area contributed by atoms with Crippen molar-refractivity contribution in [1.82, 2.24) is 0 Å². The summed E-state index contributed by atoms with van der Waals surface area (Å²) in [7, 11) is 0. The Morgan fingerprint density at radius 2 is 1.14 bits per heavy atom. The van der Waals surface area contributed by atoms with Gasteiger partial charge in [-0.05, 0) is 64.1 Å². The van der Waals surface area contributed by atoms with Crippen molar-refractivity contribution in [2.75, 3.05) is 10.6 Å². The average molecular weight is 371 g/mol. The zero-order chi connectivity index (χ0) is 20.1.